The van der Waals surface area contributed by atoms with E-state index in [1.807, 2.05) is 0 Å². The van der Waals surface area contributed by atoms with Crippen molar-refractivity contribution in [3.63, 3.8) is 0 Å². The number of hydrogen-bond acceptors (Lipinski definition) is 1. The molecule has 0 spiro atoms. The summed E-state index contributed by atoms with van der Waals surface area (Å²) in [4.78, 5) is 5.23. The largest absolute Gasteiger partial charge is 0.248 e. The minimum atomic E-state index is -2.38. The van der Waals surface area contributed by atoms with E-state index in [0.717, 1.165) is 22.5 Å². The summed E-state index contributed by atoms with van der Waals surface area (Å²) in [6, 6.07) is 71.2. The molecule has 244 valence electrons. The zero-order valence-corrected chi connectivity index (χ0v) is 29.9. The zero-order valence-electron chi connectivity index (χ0n) is 28.9. The van der Waals surface area contributed by atoms with Gasteiger partial charge >= 0.3 is 0 Å². The second-order valence-electron chi connectivity index (χ2n) is 14.0. The van der Waals surface area contributed by atoms with E-state index in [2.05, 4.69) is 201 Å². The zero-order chi connectivity index (χ0) is 34.6. The number of aromatic nitrogens is 1. The molecule has 1 aliphatic rings. The van der Waals surface area contributed by atoms with Gasteiger partial charge in [-0.2, -0.15) is 0 Å². The van der Waals surface area contributed by atoms with Crippen LogP contribution < -0.4 is 15.6 Å². The summed E-state index contributed by atoms with van der Waals surface area (Å²) in [5.74, 6) is 0. The minimum Gasteiger partial charge on any atom is -0.248 e. The highest BCUT2D eigenvalue weighted by Crippen LogP contribution is 2.46. The van der Waals surface area contributed by atoms with E-state index in [9.17, 15) is 0 Å². The van der Waals surface area contributed by atoms with Crippen LogP contribution in [0.2, 0.25) is 6.55 Å². The molecule has 1 nitrogen and oxygen atoms in total. The average molecular weight is 678 g/mol. The quantitative estimate of drug-likeness (QED) is 0.131. The molecule has 2 heteroatoms. The third-order valence-corrected chi connectivity index (χ3v) is 15.7. The molecule has 0 bridgehead atoms. The second kappa shape index (κ2) is 12.2. The topological polar surface area (TPSA) is 12.9 Å². The molecule has 10 rings (SSSR count). The van der Waals surface area contributed by atoms with Crippen LogP contribution in [0.1, 0.15) is 0 Å². The van der Waals surface area contributed by atoms with Gasteiger partial charge in [-0.15, -0.1) is 0 Å². The van der Waals surface area contributed by atoms with Gasteiger partial charge in [0.25, 0.3) is 0 Å². The molecule has 1 aliphatic heterocycles. The standard InChI is InChI=1S/C50H35NSi/c1-52(37-22-9-4-10-23-37)47-31-16-15-24-38(47)43-29-17-30-44(50(43)52)49-41-27-13-11-25-39(41)48(40-26-12-14-28-42(40)49)36-32-45(34-18-5-2-6-19-34)51-46(33-36)35-20-7-3-8-21-35/h2-33H,1H3. The molecule has 1 unspecified atom stereocenters. The molecular formula is C50H35NSi. The van der Waals surface area contributed by atoms with Crippen molar-refractivity contribution < 1.29 is 0 Å². The summed E-state index contributed by atoms with van der Waals surface area (Å²) in [5, 5.41) is 9.47. The van der Waals surface area contributed by atoms with E-state index >= 15 is 0 Å². The van der Waals surface area contributed by atoms with Crippen molar-refractivity contribution >= 4 is 45.2 Å². The first-order valence-electron chi connectivity index (χ1n) is 18.1. The lowest BCUT2D eigenvalue weighted by Crippen LogP contribution is -2.62. The third-order valence-electron chi connectivity index (χ3n) is 11.1. The molecule has 8 aromatic carbocycles. The summed E-state index contributed by atoms with van der Waals surface area (Å²) >= 11 is 0. The molecule has 0 amide bonds. The van der Waals surface area contributed by atoms with E-state index in [1.54, 1.807) is 0 Å². The number of benzene rings is 8. The molecule has 0 saturated carbocycles. The predicted octanol–water partition coefficient (Wildman–Crippen LogP) is 11.1. The molecule has 1 atom stereocenters. The SMILES string of the molecule is C[Si]1(c2ccccc2)c2ccccc2-c2cccc(-c3c4ccccc4c(-c4cc(-c5ccccc5)nc(-c5ccccc5)c4)c4ccccc34)c21. The number of rotatable bonds is 5. The first-order chi connectivity index (χ1) is 25.7. The Labute approximate surface area is 305 Å². The first-order valence-corrected chi connectivity index (χ1v) is 20.6. The lowest BCUT2D eigenvalue weighted by Gasteiger charge is -2.29. The Bertz CT molecular complexity index is 2680. The van der Waals surface area contributed by atoms with Crippen LogP contribution in [0.5, 0.6) is 0 Å². The number of pyridine rings is 1. The van der Waals surface area contributed by atoms with Crippen molar-refractivity contribution in [3.05, 3.63) is 194 Å². The van der Waals surface area contributed by atoms with Crippen molar-refractivity contribution in [3.8, 4) is 55.9 Å². The Morgan fingerprint density at radius 1 is 0.365 bits per heavy atom. The average Bonchev–Trinajstić information content (AvgIpc) is 3.49. The van der Waals surface area contributed by atoms with Crippen LogP contribution in [0, 0.1) is 0 Å². The highest BCUT2D eigenvalue weighted by atomic mass is 28.3. The summed E-state index contributed by atoms with van der Waals surface area (Å²) in [6.45, 7) is 2.56. The molecule has 0 N–H and O–H groups in total. The molecule has 2 heterocycles. The fourth-order valence-electron chi connectivity index (χ4n) is 8.80. The predicted molar refractivity (Wildman–Crippen MR) is 223 cm³/mol. The first kappa shape index (κ1) is 30.5. The molecule has 9 aromatic rings. The lowest BCUT2D eigenvalue weighted by molar-refractivity contribution is 1.32. The Morgan fingerprint density at radius 2 is 0.808 bits per heavy atom. The van der Waals surface area contributed by atoms with E-state index in [-0.39, 0.29) is 0 Å². The van der Waals surface area contributed by atoms with Crippen molar-refractivity contribution in [2.75, 3.05) is 0 Å². The Kier molecular flexibility index (Phi) is 7.12. The van der Waals surface area contributed by atoms with Crippen LogP contribution in [-0.4, -0.2) is 13.1 Å². The summed E-state index contributed by atoms with van der Waals surface area (Å²) in [7, 11) is -2.38. The summed E-state index contributed by atoms with van der Waals surface area (Å²) in [5.41, 5.74) is 12.0. The maximum atomic E-state index is 5.23. The van der Waals surface area contributed by atoms with Gasteiger partial charge in [0, 0.05) is 11.1 Å². The second-order valence-corrected chi connectivity index (χ2v) is 17.8. The molecule has 0 saturated heterocycles. The van der Waals surface area contributed by atoms with Gasteiger partial charge in [0.15, 0.2) is 0 Å². The molecule has 0 fully saturated rings. The van der Waals surface area contributed by atoms with Gasteiger partial charge < -0.3 is 0 Å². The van der Waals surface area contributed by atoms with Gasteiger partial charge in [-0.3, -0.25) is 0 Å². The Morgan fingerprint density at radius 3 is 1.38 bits per heavy atom. The normalized spacial score (nSPS) is 14.7. The molecule has 0 radical (unpaired) electrons. The van der Waals surface area contributed by atoms with E-state index < -0.39 is 8.07 Å². The van der Waals surface area contributed by atoms with Crippen LogP contribution >= 0.6 is 0 Å². The summed E-state index contributed by atoms with van der Waals surface area (Å²) < 4.78 is 0. The highest BCUT2D eigenvalue weighted by Gasteiger charge is 2.44. The van der Waals surface area contributed by atoms with Crippen LogP contribution in [0.4, 0.5) is 0 Å². The molecule has 1 aromatic heterocycles. The third kappa shape index (κ3) is 4.65. The lowest BCUT2D eigenvalue weighted by atomic mass is 9.85. The minimum absolute atomic E-state index is 0.970. The van der Waals surface area contributed by atoms with Crippen LogP contribution in [0.25, 0.3) is 77.4 Å². The van der Waals surface area contributed by atoms with Crippen LogP contribution in [0.3, 0.4) is 0 Å². The monoisotopic (exact) mass is 677 g/mol. The van der Waals surface area contributed by atoms with Gasteiger partial charge in [-0.05, 0) is 82.6 Å². The Balaban J connectivity index is 1.30. The van der Waals surface area contributed by atoms with Crippen molar-refractivity contribution in [2.45, 2.75) is 6.55 Å². The highest BCUT2D eigenvalue weighted by molar-refractivity contribution is 7.14. The number of fused-ring (bicyclic) bond motifs is 5. The molecule has 0 aliphatic carbocycles. The maximum absolute atomic E-state index is 5.23. The van der Waals surface area contributed by atoms with Gasteiger partial charge in [0.05, 0.1) is 11.4 Å². The number of nitrogens with zero attached hydrogens (tertiary/aromatic N) is 1. The van der Waals surface area contributed by atoms with Crippen LogP contribution in [0.15, 0.2) is 194 Å². The van der Waals surface area contributed by atoms with Crippen molar-refractivity contribution in [2.24, 2.45) is 0 Å². The van der Waals surface area contributed by atoms with Gasteiger partial charge in [-0.25, -0.2) is 4.98 Å². The smallest absolute Gasteiger partial charge is 0.147 e. The van der Waals surface area contributed by atoms with Gasteiger partial charge in [0.2, 0.25) is 0 Å². The fourth-order valence-corrected chi connectivity index (χ4v) is 13.2. The van der Waals surface area contributed by atoms with E-state index in [1.165, 1.54) is 70.5 Å². The van der Waals surface area contributed by atoms with E-state index in [4.69, 9.17) is 4.98 Å². The molecule has 52 heavy (non-hydrogen) atoms. The maximum Gasteiger partial charge on any atom is 0.147 e. The van der Waals surface area contributed by atoms with Gasteiger partial charge in [0.1, 0.15) is 8.07 Å². The fraction of sp³-hybridized carbons (Fsp3) is 0.0200. The number of hydrogen-bond donors (Lipinski definition) is 0. The molecular weight excluding hydrogens is 643 g/mol. The van der Waals surface area contributed by atoms with Crippen molar-refractivity contribution in [1.29, 1.82) is 0 Å². The van der Waals surface area contributed by atoms with Gasteiger partial charge in [-0.1, -0.05) is 189 Å². The Hall–Kier alpha value is -6.35. The van der Waals surface area contributed by atoms with Crippen molar-refractivity contribution in [1.82, 2.24) is 4.98 Å². The summed E-state index contributed by atoms with van der Waals surface area (Å²) in [6.07, 6.45) is 0. The van der Waals surface area contributed by atoms with E-state index in [0.29, 0.717) is 0 Å². The van der Waals surface area contributed by atoms with Crippen LogP contribution in [-0.2, 0) is 0 Å².